The van der Waals surface area contributed by atoms with Gasteiger partial charge >= 0.3 is 5.97 Å². The Labute approximate surface area is 169 Å². The Morgan fingerprint density at radius 3 is 2.68 bits per heavy atom. The summed E-state index contributed by atoms with van der Waals surface area (Å²) in [5.41, 5.74) is 4.11. The molecule has 0 radical (unpaired) electrons. The smallest absolute Gasteiger partial charge is 0.359 e. The van der Waals surface area contributed by atoms with E-state index in [1.165, 1.54) is 11.8 Å². The molecule has 1 aromatic carbocycles. The first-order valence-corrected chi connectivity index (χ1v) is 10.3. The zero-order chi connectivity index (χ0) is 20.1. The van der Waals surface area contributed by atoms with Gasteiger partial charge in [-0.2, -0.15) is 5.10 Å². The van der Waals surface area contributed by atoms with E-state index in [2.05, 4.69) is 10.1 Å². The van der Waals surface area contributed by atoms with E-state index >= 15 is 0 Å². The first kappa shape index (κ1) is 20.1. The Bertz CT molecular complexity index is 970. The number of ether oxygens (including phenoxy) is 1. The van der Waals surface area contributed by atoms with Gasteiger partial charge in [-0.1, -0.05) is 32.0 Å². The normalized spacial score (nSPS) is 11.7. The molecule has 0 spiro atoms. The number of carbonyl (C=O) groups is 1. The molecule has 0 atom stereocenters. The van der Waals surface area contributed by atoms with Crippen molar-refractivity contribution in [1.82, 2.24) is 19.7 Å². The molecule has 0 saturated carbocycles. The number of hydrogen-bond donors (Lipinski definition) is 0. The van der Waals surface area contributed by atoms with Gasteiger partial charge < -0.3 is 4.74 Å². The first-order chi connectivity index (χ1) is 13.7. The third-order valence-electron chi connectivity index (χ3n) is 4.28. The number of benzene rings is 1. The van der Waals surface area contributed by atoms with E-state index in [1.807, 2.05) is 57.4 Å². The molecule has 0 fully saturated rings. The molecular weight excluding hydrogens is 372 g/mol. The van der Waals surface area contributed by atoms with Gasteiger partial charge in [-0.05, 0) is 49.2 Å². The zero-order valence-electron chi connectivity index (χ0n) is 16.6. The SMILES string of the molecule is CC.CCOC(=O)c1nn(C)c2c1CCc1cnc(Sc3ccccc3)nc1-2. The maximum absolute atomic E-state index is 12.2. The van der Waals surface area contributed by atoms with Crippen LogP contribution in [0.4, 0.5) is 0 Å². The molecule has 28 heavy (non-hydrogen) atoms. The summed E-state index contributed by atoms with van der Waals surface area (Å²) in [4.78, 5) is 22.6. The standard InChI is InChI=1S/C19H18N4O2S.C2H6/c1-3-25-18(24)16-14-10-9-12-11-20-19(26-13-7-5-4-6-8-13)21-15(12)17(14)23(2)22-16;1-2/h4-8,11H,3,9-10H2,1-2H3;1-2H3. The number of rotatable bonds is 4. The quantitative estimate of drug-likeness (QED) is 0.483. The van der Waals surface area contributed by atoms with Crippen molar-refractivity contribution in [3.8, 4) is 11.4 Å². The van der Waals surface area contributed by atoms with Gasteiger partial charge in [-0.25, -0.2) is 14.8 Å². The maximum Gasteiger partial charge on any atom is 0.359 e. The molecule has 3 aromatic rings. The van der Waals surface area contributed by atoms with Crippen LogP contribution in [0.25, 0.3) is 11.4 Å². The van der Waals surface area contributed by atoms with Gasteiger partial charge in [0.15, 0.2) is 10.9 Å². The molecule has 4 rings (SSSR count). The number of nitrogens with zero attached hydrogens (tertiary/aromatic N) is 4. The second kappa shape index (κ2) is 9.01. The van der Waals surface area contributed by atoms with E-state index in [9.17, 15) is 4.79 Å². The van der Waals surface area contributed by atoms with E-state index in [4.69, 9.17) is 9.72 Å². The highest BCUT2D eigenvalue weighted by molar-refractivity contribution is 7.99. The van der Waals surface area contributed by atoms with E-state index in [-0.39, 0.29) is 5.97 Å². The average Bonchev–Trinajstić information content (AvgIpc) is 3.08. The van der Waals surface area contributed by atoms with Crippen molar-refractivity contribution >= 4 is 17.7 Å². The minimum atomic E-state index is -0.374. The van der Waals surface area contributed by atoms with Crippen LogP contribution in [0.15, 0.2) is 46.6 Å². The molecular formula is C21H24N4O2S. The predicted octanol–water partition coefficient (Wildman–Crippen LogP) is 4.33. The van der Waals surface area contributed by atoms with Gasteiger partial charge in [-0.3, -0.25) is 4.68 Å². The van der Waals surface area contributed by atoms with Crippen LogP contribution in [0.3, 0.4) is 0 Å². The van der Waals surface area contributed by atoms with Crippen molar-refractivity contribution in [3.63, 3.8) is 0 Å². The zero-order valence-corrected chi connectivity index (χ0v) is 17.4. The molecule has 0 amide bonds. The summed E-state index contributed by atoms with van der Waals surface area (Å²) >= 11 is 1.52. The molecule has 2 heterocycles. The summed E-state index contributed by atoms with van der Waals surface area (Å²) in [5, 5.41) is 5.08. The Kier molecular flexibility index (Phi) is 6.46. The second-order valence-corrected chi connectivity index (χ2v) is 7.00. The van der Waals surface area contributed by atoms with Gasteiger partial charge in [0.1, 0.15) is 0 Å². The Morgan fingerprint density at radius 2 is 1.96 bits per heavy atom. The fourth-order valence-electron chi connectivity index (χ4n) is 3.15. The van der Waals surface area contributed by atoms with Gasteiger partial charge in [0, 0.05) is 23.7 Å². The summed E-state index contributed by atoms with van der Waals surface area (Å²) < 4.78 is 6.87. The van der Waals surface area contributed by atoms with Crippen molar-refractivity contribution < 1.29 is 9.53 Å². The van der Waals surface area contributed by atoms with Crippen molar-refractivity contribution in [3.05, 3.63) is 53.3 Å². The summed E-state index contributed by atoms with van der Waals surface area (Å²) in [6.07, 6.45) is 3.41. The fraction of sp³-hybridized carbons (Fsp3) is 0.333. The van der Waals surface area contributed by atoms with E-state index in [0.29, 0.717) is 17.5 Å². The Morgan fingerprint density at radius 1 is 1.21 bits per heavy atom. The van der Waals surface area contributed by atoms with E-state index in [1.54, 1.807) is 11.6 Å². The van der Waals surface area contributed by atoms with Crippen LogP contribution >= 0.6 is 11.8 Å². The summed E-state index contributed by atoms with van der Waals surface area (Å²) in [7, 11) is 1.84. The van der Waals surface area contributed by atoms with Crippen LogP contribution in [0.2, 0.25) is 0 Å². The molecule has 0 N–H and O–H groups in total. The van der Waals surface area contributed by atoms with Crippen molar-refractivity contribution in [1.29, 1.82) is 0 Å². The van der Waals surface area contributed by atoms with Crippen LogP contribution in [0.1, 0.15) is 42.4 Å². The number of aryl methyl sites for hydroxylation is 2. The Hall–Kier alpha value is -2.67. The van der Waals surface area contributed by atoms with Crippen LogP contribution in [0, 0.1) is 0 Å². The summed E-state index contributed by atoms with van der Waals surface area (Å²) in [6, 6.07) is 10.0. The lowest BCUT2D eigenvalue weighted by molar-refractivity contribution is 0.0517. The minimum Gasteiger partial charge on any atom is -0.461 e. The number of fused-ring (bicyclic) bond motifs is 3. The number of esters is 1. The molecule has 0 unspecified atom stereocenters. The lowest BCUT2D eigenvalue weighted by Gasteiger charge is -2.17. The monoisotopic (exact) mass is 396 g/mol. The topological polar surface area (TPSA) is 69.9 Å². The maximum atomic E-state index is 12.2. The van der Waals surface area contributed by atoms with Crippen LogP contribution < -0.4 is 0 Å². The number of carbonyl (C=O) groups excluding carboxylic acids is 1. The lowest BCUT2D eigenvalue weighted by atomic mass is 9.93. The van der Waals surface area contributed by atoms with Crippen LogP contribution in [-0.4, -0.2) is 32.3 Å². The van der Waals surface area contributed by atoms with Crippen molar-refractivity contribution in [2.75, 3.05) is 6.61 Å². The highest BCUT2D eigenvalue weighted by Gasteiger charge is 2.29. The lowest BCUT2D eigenvalue weighted by Crippen LogP contribution is -2.12. The molecule has 0 aliphatic heterocycles. The average molecular weight is 397 g/mol. The van der Waals surface area contributed by atoms with Gasteiger partial charge in [-0.15, -0.1) is 0 Å². The molecule has 2 aromatic heterocycles. The highest BCUT2D eigenvalue weighted by atomic mass is 32.2. The van der Waals surface area contributed by atoms with E-state index < -0.39 is 0 Å². The largest absolute Gasteiger partial charge is 0.461 e. The molecule has 6 nitrogen and oxygen atoms in total. The molecule has 0 bridgehead atoms. The van der Waals surface area contributed by atoms with Gasteiger partial charge in [0.2, 0.25) is 0 Å². The highest BCUT2D eigenvalue weighted by Crippen LogP contribution is 2.35. The van der Waals surface area contributed by atoms with Crippen molar-refractivity contribution in [2.45, 2.75) is 43.7 Å². The summed E-state index contributed by atoms with van der Waals surface area (Å²) in [5.74, 6) is -0.374. The van der Waals surface area contributed by atoms with Gasteiger partial charge in [0.05, 0.1) is 18.0 Å². The molecule has 146 valence electrons. The minimum absolute atomic E-state index is 0.334. The molecule has 0 saturated heterocycles. The predicted molar refractivity (Wildman–Crippen MR) is 110 cm³/mol. The van der Waals surface area contributed by atoms with E-state index in [0.717, 1.165) is 40.3 Å². The summed E-state index contributed by atoms with van der Waals surface area (Å²) in [6.45, 7) is 6.13. The molecule has 7 heteroatoms. The van der Waals surface area contributed by atoms with Crippen LogP contribution in [-0.2, 0) is 24.6 Å². The molecule has 1 aliphatic carbocycles. The Balaban J connectivity index is 0.00000109. The fourth-order valence-corrected chi connectivity index (χ4v) is 3.89. The van der Waals surface area contributed by atoms with Gasteiger partial charge in [0.25, 0.3) is 0 Å². The third kappa shape index (κ3) is 3.94. The third-order valence-corrected chi connectivity index (χ3v) is 5.16. The van der Waals surface area contributed by atoms with Crippen LogP contribution in [0.5, 0.6) is 0 Å². The molecule has 1 aliphatic rings. The number of aromatic nitrogens is 4. The number of hydrogen-bond acceptors (Lipinski definition) is 6. The second-order valence-electron chi connectivity index (χ2n) is 5.96. The van der Waals surface area contributed by atoms with Crippen molar-refractivity contribution in [2.24, 2.45) is 7.05 Å². The first-order valence-electron chi connectivity index (χ1n) is 9.49.